The van der Waals surface area contributed by atoms with Gasteiger partial charge in [-0.25, -0.2) is 17.5 Å². The number of halogens is 2. The zero-order valence-electron chi connectivity index (χ0n) is 13.3. The Morgan fingerprint density at radius 2 is 1.80 bits per heavy atom. The number of sulfonamides is 1. The topological polar surface area (TPSA) is 75.3 Å². The number of amides is 1. The van der Waals surface area contributed by atoms with Crippen LogP contribution < -0.4 is 10.0 Å². The molecule has 0 aliphatic heterocycles. The zero-order chi connectivity index (χ0) is 18.3. The predicted octanol–water partition coefficient (Wildman–Crippen LogP) is 2.51. The Balaban J connectivity index is 1.71. The van der Waals surface area contributed by atoms with Gasteiger partial charge < -0.3 is 5.32 Å². The van der Waals surface area contributed by atoms with Crippen LogP contribution >= 0.6 is 11.6 Å². The van der Waals surface area contributed by atoms with Crippen molar-refractivity contribution in [1.82, 2.24) is 10.0 Å². The van der Waals surface area contributed by atoms with E-state index in [4.69, 9.17) is 11.6 Å². The highest BCUT2D eigenvalue weighted by molar-refractivity contribution is 7.89. The van der Waals surface area contributed by atoms with E-state index in [-0.39, 0.29) is 36.1 Å². The largest absolute Gasteiger partial charge is 0.355 e. The van der Waals surface area contributed by atoms with Gasteiger partial charge in [-0.05, 0) is 42.3 Å². The van der Waals surface area contributed by atoms with E-state index < -0.39 is 10.0 Å². The van der Waals surface area contributed by atoms with Crippen LogP contribution in [0, 0.1) is 5.82 Å². The molecular formula is C17H18ClFN2O3S. The Kier molecular flexibility index (Phi) is 6.92. The molecule has 1 amide bonds. The molecule has 0 bridgehead atoms. The summed E-state index contributed by atoms with van der Waals surface area (Å²) in [6, 6.07) is 11.9. The van der Waals surface area contributed by atoms with E-state index in [0.717, 1.165) is 5.56 Å². The molecule has 0 heterocycles. The molecule has 0 spiro atoms. The van der Waals surface area contributed by atoms with Gasteiger partial charge in [-0.15, -0.1) is 0 Å². The first-order chi connectivity index (χ1) is 11.9. The van der Waals surface area contributed by atoms with Gasteiger partial charge in [0, 0.05) is 24.5 Å². The highest BCUT2D eigenvalue weighted by atomic mass is 35.5. The van der Waals surface area contributed by atoms with Gasteiger partial charge in [0.05, 0.1) is 4.90 Å². The fraction of sp³-hybridized carbons (Fsp3) is 0.235. The van der Waals surface area contributed by atoms with Crippen LogP contribution in [0.1, 0.15) is 12.0 Å². The zero-order valence-corrected chi connectivity index (χ0v) is 14.9. The van der Waals surface area contributed by atoms with E-state index in [9.17, 15) is 17.6 Å². The Morgan fingerprint density at radius 3 is 2.48 bits per heavy atom. The van der Waals surface area contributed by atoms with E-state index in [1.807, 2.05) is 0 Å². The molecule has 0 saturated heterocycles. The quantitative estimate of drug-likeness (QED) is 0.687. The molecule has 2 N–H and O–H groups in total. The minimum absolute atomic E-state index is 0.0666. The number of benzene rings is 2. The third-order valence-electron chi connectivity index (χ3n) is 3.40. The predicted molar refractivity (Wildman–Crippen MR) is 94.4 cm³/mol. The summed E-state index contributed by atoms with van der Waals surface area (Å²) in [5.41, 5.74) is 0.859. The van der Waals surface area contributed by atoms with Crippen LogP contribution in [0.15, 0.2) is 53.4 Å². The fourth-order valence-corrected chi connectivity index (χ4v) is 3.43. The third-order valence-corrected chi connectivity index (χ3v) is 5.09. The summed E-state index contributed by atoms with van der Waals surface area (Å²) in [5, 5.41) is 2.96. The van der Waals surface area contributed by atoms with E-state index in [2.05, 4.69) is 10.0 Å². The van der Waals surface area contributed by atoms with Gasteiger partial charge in [-0.1, -0.05) is 29.8 Å². The van der Waals surface area contributed by atoms with Gasteiger partial charge in [0.15, 0.2) is 0 Å². The van der Waals surface area contributed by atoms with Crippen LogP contribution in [0.3, 0.4) is 0 Å². The molecule has 134 valence electrons. The minimum Gasteiger partial charge on any atom is -0.355 e. The molecule has 0 aromatic heterocycles. The highest BCUT2D eigenvalue weighted by Gasteiger charge is 2.13. The Hall–Kier alpha value is -1.96. The second kappa shape index (κ2) is 8.94. The lowest BCUT2D eigenvalue weighted by molar-refractivity contribution is -0.121. The van der Waals surface area contributed by atoms with Gasteiger partial charge >= 0.3 is 0 Å². The molecule has 0 fully saturated rings. The molecule has 0 atom stereocenters. The first-order valence-corrected chi connectivity index (χ1v) is 9.49. The Labute approximate surface area is 151 Å². The molecule has 5 nitrogen and oxygen atoms in total. The summed E-state index contributed by atoms with van der Waals surface area (Å²) in [5.74, 6) is -0.522. The number of nitrogens with one attached hydrogen (secondary N) is 2. The van der Waals surface area contributed by atoms with E-state index >= 15 is 0 Å². The maximum atomic E-state index is 12.8. The number of aryl methyl sites for hydroxylation is 1. The summed E-state index contributed by atoms with van der Waals surface area (Å²) >= 11 is 5.78. The van der Waals surface area contributed by atoms with Crippen molar-refractivity contribution in [2.75, 3.05) is 13.1 Å². The van der Waals surface area contributed by atoms with Crippen molar-refractivity contribution in [3.05, 3.63) is 64.9 Å². The molecule has 25 heavy (non-hydrogen) atoms. The molecular weight excluding hydrogens is 367 g/mol. The van der Waals surface area contributed by atoms with Gasteiger partial charge in [0.2, 0.25) is 15.9 Å². The summed E-state index contributed by atoms with van der Waals surface area (Å²) in [7, 11) is -3.66. The minimum atomic E-state index is -3.66. The fourth-order valence-electron chi connectivity index (χ4n) is 2.10. The molecule has 2 rings (SSSR count). The maximum Gasteiger partial charge on any atom is 0.240 e. The van der Waals surface area contributed by atoms with Crippen molar-refractivity contribution in [2.24, 2.45) is 0 Å². The highest BCUT2D eigenvalue weighted by Crippen LogP contribution is 2.14. The molecule has 0 saturated carbocycles. The SMILES string of the molecule is O=C(CCc1ccc(F)cc1)NCCNS(=O)(=O)c1cccc(Cl)c1. The summed E-state index contributed by atoms with van der Waals surface area (Å²) in [6.45, 7) is 0.235. The van der Waals surface area contributed by atoms with Crippen molar-refractivity contribution in [1.29, 1.82) is 0 Å². The average Bonchev–Trinajstić information content (AvgIpc) is 2.58. The first kappa shape index (κ1) is 19.4. The van der Waals surface area contributed by atoms with Crippen molar-refractivity contribution in [3.63, 3.8) is 0 Å². The molecule has 8 heteroatoms. The Morgan fingerprint density at radius 1 is 1.08 bits per heavy atom. The molecule has 0 aliphatic carbocycles. The molecule has 2 aromatic rings. The second-order valence-corrected chi connectivity index (χ2v) is 7.53. The molecule has 0 aliphatic rings. The first-order valence-electron chi connectivity index (χ1n) is 7.63. The number of hydrogen-bond donors (Lipinski definition) is 2. The summed E-state index contributed by atoms with van der Waals surface area (Å²) in [4.78, 5) is 11.8. The number of rotatable bonds is 8. The lowest BCUT2D eigenvalue weighted by Crippen LogP contribution is -2.34. The van der Waals surface area contributed by atoms with Crippen LogP contribution in [0.25, 0.3) is 0 Å². The van der Waals surface area contributed by atoms with Crippen LogP contribution in [0.2, 0.25) is 5.02 Å². The van der Waals surface area contributed by atoms with Crippen LogP contribution in [-0.4, -0.2) is 27.4 Å². The molecule has 0 radical (unpaired) electrons. The van der Waals surface area contributed by atoms with Crippen LogP contribution in [0.5, 0.6) is 0 Å². The van der Waals surface area contributed by atoms with E-state index in [1.54, 1.807) is 24.3 Å². The van der Waals surface area contributed by atoms with Gasteiger partial charge in [0.25, 0.3) is 0 Å². The molecule has 2 aromatic carbocycles. The normalized spacial score (nSPS) is 11.3. The Bertz CT molecular complexity index is 826. The number of hydrogen-bond acceptors (Lipinski definition) is 3. The van der Waals surface area contributed by atoms with Crippen molar-refractivity contribution in [3.8, 4) is 0 Å². The molecule has 0 unspecified atom stereocenters. The average molecular weight is 385 g/mol. The maximum absolute atomic E-state index is 12.8. The number of carbonyl (C=O) groups is 1. The standard InChI is InChI=1S/C17H18ClFN2O3S/c18-14-2-1-3-16(12-14)25(23,24)21-11-10-20-17(22)9-6-13-4-7-15(19)8-5-13/h1-5,7-8,12,21H,6,9-11H2,(H,20,22). The second-order valence-electron chi connectivity index (χ2n) is 5.33. The summed E-state index contributed by atoms with van der Waals surface area (Å²) < 4.78 is 39.3. The van der Waals surface area contributed by atoms with Crippen molar-refractivity contribution >= 4 is 27.5 Å². The number of carbonyl (C=O) groups excluding carboxylic acids is 1. The monoisotopic (exact) mass is 384 g/mol. The van der Waals surface area contributed by atoms with Crippen molar-refractivity contribution < 1.29 is 17.6 Å². The van der Waals surface area contributed by atoms with Gasteiger partial charge in [-0.2, -0.15) is 0 Å². The lowest BCUT2D eigenvalue weighted by Gasteiger charge is -2.08. The smallest absolute Gasteiger partial charge is 0.240 e. The van der Waals surface area contributed by atoms with Gasteiger partial charge in [-0.3, -0.25) is 4.79 Å². The third kappa shape index (κ3) is 6.45. The summed E-state index contributed by atoms with van der Waals surface area (Å²) in [6.07, 6.45) is 0.729. The van der Waals surface area contributed by atoms with Crippen LogP contribution in [-0.2, 0) is 21.2 Å². The van der Waals surface area contributed by atoms with E-state index in [0.29, 0.717) is 11.4 Å². The van der Waals surface area contributed by atoms with E-state index in [1.165, 1.54) is 24.3 Å². The van der Waals surface area contributed by atoms with Gasteiger partial charge in [0.1, 0.15) is 5.82 Å². The lowest BCUT2D eigenvalue weighted by atomic mass is 10.1. The van der Waals surface area contributed by atoms with Crippen LogP contribution in [0.4, 0.5) is 4.39 Å². The van der Waals surface area contributed by atoms with Crippen molar-refractivity contribution in [2.45, 2.75) is 17.7 Å².